The third kappa shape index (κ3) is 4.46. The van der Waals surface area contributed by atoms with Crippen LogP contribution in [0.5, 0.6) is 5.75 Å². The second-order valence-corrected chi connectivity index (χ2v) is 7.05. The van der Waals surface area contributed by atoms with Gasteiger partial charge >= 0.3 is 0 Å². The summed E-state index contributed by atoms with van der Waals surface area (Å²) in [6.45, 7) is 6.44. The number of aryl methyl sites for hydroxylation is 3. The second-order valence-electron chi connectivity index (χ2n) is 6.69. The van der Waals surface area contributed by atoms with Gasteiger partial charge in [-0.15, -0.1) is 0 Å². The monoisotopic (exact) mass is 398 g/mol. The topological polar surface area (TPSA) is 82.2 Å². The molecule has 0 fully saturated rings. The Labute approximate surface area is 169 Å². The second kappa shape index (κ2) is 8.35. The molecule has 1 amide bonds. The Morgan fingerprint density at radius 3 is 2.57 bits per heavy atom. The van der Waals surface area contributed by atoms with Gasteiger partial charge in [-0.3, -0.25) is 4.79 Å². The maximum absolute atomic E-state index is 10.8. The predicted octanol–water partition coefficient (Wildman–Crippen LogP) is 3.93. The molecule has 0 bridgehead atoms. The van der Waals surface area contributed by atoms with E-state index in [1.165, 1.54) is 0 Å². The summed E-state index contributed by atoms with van der Waals surface area (Å²) in [4.78, 5) is 10.8. The number of nitrogens with zero attached hydrogens (tertiary/aromatic N) is 2. The van der Waals surface area contributed by atoms with E-state index in [9.17, 15) is 4.79 Å². The average molecular weight is 399 g/mol. The molecule has 0 aliphatic carbocycles. The van der Waals surface area contributed by atoms with Crippen molar-refractivity contribution >= 4 is 23.2 Å². The lowest BCUT2D eigenvalue weighted by atomic mass is 10.1. The highest BCUT2D eigenvalue weighted by atomic mass is 35.5. The highest BCUT2D eigenvalue weighted by Gasteiger charge is 2.16. The zero-order valence-electron chi connectivity index (χ0n) is 16.1. The summed E-state index contributed by atoms with van der Waals surface area (Å²) in [5.74, 6) is 0.0782. The predicted molar refractivity (Wildman–Crippen MR) is 111 cm³/mol. The molecule has 3 N–H and O–H groups in total. The number of rotatable bonds is 7. The quantitative estimate of drug-likeness (QED) is 0.631. The van der Waals surface area contributed by atoms with Crippen LogP contribution < -0.4 is 15.8 Å². The number of hydrogen-bond acceptors (Lipinski definition) is 4. The number of anilines is 1. The number of carbonyl (C=O) groups is 1. The first-order valence-electron chi connectivity index (χ1n) is 8.92. The Morgan fingerprint density at radius 2 is 1.89 bits per heavy atom. The third-order valence-corrected chi connectivity index (χ3v) is 4.81. The number of halogens is 1. The van der Waals surface area contributed by atoms with Crippen LogP contribution in [0.15, 0.2) is 42.5 Å². The van der Waals surface area contributed by atoms with Crippen LogP contribution in [0.1, 0.15) is 22.4 Å². The normalized spacial score (nSPS) is 10.7. The van der Waals surface area contributed by atoms with Crippen LogP contribution in [0.2, 0.25) is 5.15 Å². The Kier molecular flexibility index (Phi) is 5.90. The van der Waals surface area contributed by atoms with E-state index in [-0.39, 0.29) is 6.61 Å². The van der Waals surface area contributed by atoms with Gasteiger partial charge in [0.1, 0.15) is 10.9 Å². The number of aromatic nitrogens is 2. The molecule has 3 rings (SSSR count). The molecule has 146 valence electrons. The van der Waals surface area contributed by atoms with E-state index in [0.29, 0.717) is 17.4 Å². The molecule has 7 heteroatoms. The molecule has 0 aliphatic rings. The highest BCUT2D eigenvalue weighted by molar-refractivity contribution is 6.30. The number of carbonyl (C=O) groups excluding carboxylic acids is 1. The molecular weight excluding hydrogens is 376 g/mol. The van der Waals surface area contributed by atoms with E-state index in [1.807, 2.05) is 32.9 Å². The first kappa shape index (κ1) is 19.8. The molecule has 6 nitrogen and oxygen atoms in total. The van der Waals surface area contributed by atoms with Crippen molar-refractivity contribution in [2.24, 2.45) is 5.73 Å². The van der Waals surface area contributed by atoms with E-state index in [4.69, 9.17) is 22.1 Å². The summed E-state index contributed by atoms with van der Waals surface area (Å²) in [6, 6.07) is 13.5. The number of benzene rings is 2. The van der Waals surface area contributed by atoms with Gasteiger partial charge in [-0.1, -0.05) is 23.7 Å². The minimum Gasteiger partial charge on any atom is -0.484 e. The number of amides is 1. The van der Waals surface area contributed by atoms with Gasteiger partial charge in [-0.25, -0.2) is 4.68 Å². The van der Waals surface area contributed by atoms with Gasteiger partial charge in [0.15, 0.2) is 6.61 Å². The Morgan fingerprint density at radius 1 is 1.18 bits per heavy atom. The largest absolute Gasteiger partial charge is 0.484 e. The van der Waals surface area contributed by atoms with Crippen LogP contribution >= 0.6 is 11.6 Å². The van der Waals surface area contributed by atoms with Crippen LogP contribution in [-0.4, -0.2) is 22.3 Å². The SMILES string of the molecule is Cc1ccc(C)c(-n2nc(C)c(CNc3ccc(OCC(N)=O)cc3)c2Cl)c1. The van der Waals surface area contributed by atoms with Gasteiger partial charge in [0.05, 0.1) is 11.4 Å². The molecular formula is C21H23ClN4O2. The smallest absolute Gasteiger partial charge is 0.255 e. The number of hydrogen-bond donors (Lipinski definition) is 2. The van der Waals surface area contributed by atoms with Crippen LogP contribution in [-0.2, 0) is 11.3 Å². The minimum absolute atomic E-state index is 0.140. The number of nitrogens with one attached hydrogen (secondary N) is 1. The van der Waals surface area contributed by atoms with E-state index >= 15 is 0 Å². The van der Waals surface area contributed by atoms with Gasteiger partial charge in [-0.2, -0.15) is 5.10 Å². The molecule has 0 radical (unpaired) electrons. The molecule has 28 heavy (non-hydrogen) atoms. The summed E-state index contributed by atoms with van der Waals surface area (Å²) in [5, 5.41) is 8.57. The van der Waals surface area contributed by atoms with Crippen molar-refractivity contribution in [2.75, 3.05) is 11.9 Å². The maximum Gasteiger partial charge on any atom is 0.255 e. The lowest BCUT2D eigenvalue weighted by Crippen LogP contribution is -2.19. The molecule has 0 spiro atoms. The summed E-state index contributed by atoms with van der Waals surface area (Å²) in [6.07, 6.45) is 0. The summed E-state index contributed by atoms with van der Waals surface area (Å²) < 4.78 is 7.05. The van der Waals surface area contributed by atoms with Crippen LogP contribution in [0.4, 0.5) is 5.69 Å². The van der Waals surface area contributed by atoms with Gasteiger partial charge in [-0.05, 0) is 62.2 Å². The molecule has 0 saturated heterocycles. The van der Waals surface area contributed by atoms with E-state index in [1.54, 1.807) is 16.8 Å². The van der Waals surface area contributed by atoms with Crippen molar-refractivity contribution in [3.05, 3.63) is 70.0 Å². The molecule has 0 aliphatic heterocycles. The first-order valence-corrected chi connectivity index (χ1v) is 9.29. The van der Waals surface area contributed by atoms with Gasteiger partial charge in [0.25, 0.3) is 5.91 Å². The number of nitrogens with two attached hydrogens (primary N) is 1. The summed E-state index contributed by atoms with van der Waals surface area (Å²) in [7, 11) is 0. The van der Waals surface area contributed by atoms with Crippen molar-refractivity contribution in [1.29, 1.82) is 0 Å². The minimum atomic E-state index is -0.506. The van der Waals surface area contributed by atoms with Gasteiger partial charge < -0.3 is 15.8 Å². The fraction of sp³-hybridized carbons (Fsp3) is 0.238. The van der Waals surface area contributed by atoms with Crippen LogP contribution in [0.3, 0.4) is 0 Å². The molecule has 1 aromatic heterocycles. The molecule has 0 unspecified atom stereocenters. The first-order chi connectivity index (χ1) is 13.3. The Hall–Kier alpha value is -2.99. The highest BCUT2D eigenvalue weighted by Crippen LogP contribution is 2.27. The zero-order valence-corrected chi connectivity index (χ0v) is 16.9. The van der Waals surface area contributed by atoms with E-state index in [0.717, 1.165) is 33.8 Å². The zero-order chi connectivity index (χ0) is 20.3. The molecule has 0 saturated carbocycles. The standard InChI is InChI=1S/C21H23ClN4O2/c1-13-4-5-14(2)19(10-13)26-21(22)18(15(3)25-26)11-24-16-6-8-17(9-7-16)28-12-20(23)27/h4-10,24H,11-12H2,1-3H3,(H2,23,27). The van der Waals surface area contributed by atoms with Crippen molar-refractivity contribution < 1.29 is 9.53 Å². The van der Waals surface area contributed by atoms with Gasteiger partial charge in [0.2, 0.25) is 0 Å². The fourth-order valence-corrected chi connectivity index (χ4v) is 3.19. The molecule has 2 aromatic carbocycles. The third-order valence-electron chi connectivity index (χ3n) is 4.42. The van der Waals surface area contributed by atoms with Crippen molar-refractivity contribution in [1.82, 2.24) is 9.78 Å². The fourth-order valence-electron chi connectivity index (χ4n) is 2.85. The molecule has 0 atom stereocenters. The van der Waals surface area contributed by atoms with Crippen molar-refractivity contribution in [2.45, 2.75) is 27.3 Å². The average Bonchev–Trinajstić information content (AvgIpc) is 2.95. The Bertz CT molecular complexity index is 996. The lowest BCUT2D eigenvalue weighted by molar-refractivity contribution is -0.119. The number of ether oxygens (including phenoxy) is 1. The lowest BCUT2D eigenvalue weighted by Gasteiger charge is -2.10. The molecule has 1 heterocycles. The van der Waals surface area contributed by atoms with Crippen molar-refractivity contribution in [3.8, 4) is 11.4 Å². The summed E-state index contributed by atoms with van der Waals surface area (Å²) >= 11 is 6.65. The van der Waals surface area contributed by atoms with E-state index < -0.39 is 5.91 Å². The molecule has 3 aromatic rings. The van der Waals surface area contributed by atoms with Crippen LogP contribution in [0, 0.1) is 20.8 Å². The summed E-state index contributed by atoms with van der Waals surface area (Å²) in [5.41, 5.74) is 11.0. The maximum atomic E-state index is 10.8. The Balaban J connectivity index is 1.74. The van der Waals surface area contributed by atoms with E-state index in [2.05, 4.69) is 28.6 Å². The number of primary amides is 1. The van der Waals surface area contributed by atoms with Crippen LogP contribution in [0.25, 0.3) is 5.69 Å². The van der Waals surface area contributed by atoms with Gasteiger partial charge in [0, 0.05) is 17.8 Å². The van der Waals surface area contributed by atoms with Crippen molar-refractivity contribution in [3.63, 3.8) is 0 Å².